The predicted molar refractivity (Wildman–Crippen MR) is 129 cm³/mol. The lowest BCUT2D eigenvalue weighted by Crippen LogP contribution is -2.42. The molecule has 0 spiro atoms. The lowest BCUT2D eigenvalue weighted by atomic mass is 9.96. The van der Waals surface area contributed by atoms with Gasteiger partial charge in [0.25, 0.3) is 0 Å². The summed E-state index contributed by atoms with van der Waals surface area (Å²) in [5.41, 5.74) is 5.38. The van der Waals surface area contributed by atoms with Crippen LogP contribution in [-0.4, -0.2) is 62.6 Å². The van der Waals surface area contributed by atoms with E-state index in [1.165, 1.54) is 12.1 Å². The number of amides is 1. The van der Waals surface area contributed by atoms with Gasteiger partial charge in [-0.2, -0.15) is 0 Å². The number of nitrogens with two attached hydrogens (primary N) is 1. The van der Waals surface area contributed by atoms with Crippen LogP contribution in [-0.2, 0) is 4.79 Å². The third-order valence-corrected chi connectivity index (χ3v) is 5.11. The van der Waals surface area contributed by atoms with Gasteiger partial charge in [0.2, 0.25) is 5.91 Å². The molecule has 1 unspecified atom stereocenters. The van der Waals surface area contributed by atoms with E-state index in [0.717, 1.165) is 57.8 Å². The third kappa shape index (κ3) is 9.92. The molecule has 7 nitrogen and oxygen atoms in total. The molecule has 1 aliphatic heterocycles. The number of nitrogens with zero attached hydrogens (tertiary/aromatic N) is 2. The molecule has 1 aromatic carbocycles. The molecule has 9 heteroatoms. The van der Waals surface area contributed by atoms with Gasteiger partial charge in [-0.25, -0.2) is 4.39 Å². The summed E-state index contributed by atoms with van der Waals surface area (Å²) in [7, 11) is 1.74. The van der Waals surface area contributed by atoms with Crippen LogP contribution in [0, 0.1) is 11.7 Å². The molecule has 170 valence electrons. The summed E-state index contributed by atoms with van der Waals surface area (Å²) in [6.07, 6.45) is 3.81. The van der Waals surface area contributed by atoms with Crippen LogP contribution in [0.25, 0.3) is 0 Å². The molecule has 1 atom stereocenters. The molecule has 0 bridgehead atoms. The minimum atomic E-state index is -0.275. The van der Waals surface area contributed by atoms with Crippen molar-refractivity contribution in [3.63, 3.8) is 0 Å². The Hall–Kier alpha value is -1.62. The van der Waals surface area contributed by atoms with E-state index in [-0.39, 0.29) is 47.7 Å². The molecular weight excluding hydrogens is 500 g/mol. The number of aliphatic imine (C=N–C) groups is 1. The normalized spacial score (nSPS) is 16.4. The van der Waals surface area contributed by atoms with E-state index in [0.29, 0.717) is 12.3 Å². The van der Waals surface area contributed by atoms with Crippen molar-refractivity contribution in [2.45, 2.75) is 38.7 Å². The van der Waals surface area contributed by atoms with Crippen molar-refractivity contribution in [1.82, 2.24) is 15.5 Å². The average Bonchev–Trinajstić information content (AvgIpc) is 2.72. The van der Waals surface area contributed by atoms with E-state index in [1.54, 1.807) is 19.2 Å². The number of ether oxygens (including phenoxy) is 1. The SMILES string of the molecule is CN=C(NCCCCN1CCC(C(N)=O)CC1)NCC(C)Oc1ccc(F)cc1.I. The first-order chi connectivity index (χ1) is 14.0. The highest BCUT2D eigenvalue weighted by Crippen LogP contribution is 2.16. The Bertz CT molecular complexity index is 651. The van der Waals surface area contributed by atoms with Gasteiger partial charge in [-0.1, -0.05) is 0 Å². The van der Waals surface area contributed by atoms with Crippen LogP contribution in [0.4, 0.5) is 4.39 Å². The first-order valence-electron chi connectivity index (χ1n) is 10.4. The molecule has 1 saturated heterocycles. The number of carbonyl (C=O) groups excluding carboxylic acids is 1. The third-order valence-electron chi connectivity index (χ3n) is 5.11. The summed E-state index contributed by atoms with van der Waals surface area (Å²) >= 11 is 0. The zero-order valence-electron chi connectivity index (χ0n) is 17.9. The summed E-state index contributed by atoms with van der Waals surface area (Å²) in [6.45, 7) is 6.33. The topological polar surface area (TPSA) is 92.0 Å². The molecular formula is C21H35FIN5O2. The second-order valence-electron chi connectivity index (χ2n) is 7.49. The van der Waals surface area contributed by atoms with E-state index in [9.17, 15) is 9.18 Å². The molecule has 1 fully saturated rings. The van der Waals surface area contributed by atoms with Gasteiger partial charge in [0.05, 0.1) is 6.54 Å². The largest absolute Gasteiger partial charge is 0.489 e. The smallest absolute Gasteiger partial charge is 0.220 e. The van der Waals surface area contributed by atoms with Gasteiger partial charge < -0.3 is 26.0 Å². The van der Waals surface area contributed by atoms with Crippen molar-refractivity contribution in [2.24, 2.45) is 16.6 Å². The molecule has 30 heavy (non-hydrogen) atoms. The highest BCUT2D eigenvalue weighted by atomic mass is 127. The number of piperidine rings is 1. The molecule has 0 aromatic heterocycles. The summed E-state index contributed by atoms with van der Waals surface area (Å²) < 4.78 is 18.7. The molecule has 1 amide bonds. The Labute approximate surface area is 196 Å². The molecule has 1 aliphatic rings. The van der Waals surface area contributed by atoms with Crippen molar-refractivity contribution in [3.05, 3.63) is 30.1 Å². The molecule has 1 heterocycles. The number of carbonyl (C=O) groups is 1. The maximum Gasteiger partial charge on any atom is 0.220 e. The first kappa shape index (κ1) is 26.4. The summed E-state index contributed by atoms with van der Waals surface area (Å²) in [6, 6.07) is 6.01. The number of primary amides is 1. The number of unbranched alkanes of at least 4 members (excludes halogenated alkanes) is 1. The molecule has 0 saturated carbocycles. The number of rotatable bonds is 10. The monoisotopic (exact) mass is 535 g/mol. The highest BCUT2D eigenvalue weighted by Gasteiger charge is 2.22. The maximum atomic E-state index is 12.9. The number of benzene rings is 1. The fourth-order valence-corrected chi connectivity index (χ4v) is 3.36. The average molecular weight is 535 g/mol. The second kappa shape index (κ2) is 14.4. The fraction of sp³-hybridized carbons (Fsp3) is 0.619. The standard InChI is InChI=1S/C21H34FN5O2.HI/c1-16(29-19-7-5-18(22)6-8-19)15-26-21(24-2)25-11-3-4-12-27-13-9-17(10-14-27)20(23)28;/h5-8,16-17H,3-4,9-15H2,1-2H3,(H2,23,28)(H2,24,25,26);1H. The fourth-order valence-electron chi connectivity index (χ4n) is 3.36. The van der Waals surface area contributed by atoms with E-state index in [1.807, 2.05) is 6.92 Å². The number of hydrogen-bond donors (Lipinski definition) is 3. The lowest BCUT2D eigenvalue weighted by molar-refractivity contribution is -0.123. The number of nitrogens with one attached hydrogen (secondary N) is 2. The van der Waals surface area contributed by atoms with Crippen LogP contribution in [0.1, 0.15) is 32.6 Å². The Morgan fingerprint density at radius 2 is 1.93 bits per heavy atom. The summed E-state index contributed by atoms with van der Waals surface area (Å²) in [5, 5.41) is 6.55. The predicted octanol–water partition coefficient (Wildman–Crippen LogP) is 2.35. The molecule has 4 N–H and O–H groups in total. The maximum absolute atomic E-state index is 12.9. The molecule has 2 rings (SSSR count). The number of guanidine groups is 1. The molecule has 1 aromatic rings. The van der Waals surface area contributed by atoms with Crippen LogP contribution >= 0.6 is 24.0 Å². The van der Waals surface area contributed by atoms with Gasteiger partial charge in [0.15, 0.2) is 5.96 Å². The van der Waals surface area contributed by atoms with Gasteiger partial charge in [0.1, 0.15) is 17.7 Å². The van der Waals surface area contributed by atoms with Crippen molar-refractivity contribution in [2.75, 3.05) is 39.8 Å². The summed E-state index contributed by atoms with van der Waals surface area (Å²) in [4.78, 5) is 17.8. The number of halogens is 2. The van der Waals surface area contributed by atoms with Crippen LogP contribution in [0.2, 0.25) is 0 Å². The van der Waals surface area contributed by atoms with Gasteiger partial charge >= 0.3 is 0 Å². The second-order valence-corrected chi connectivity index (χ2v) is 7.49. The van der Waals surface area contributed by atoms with E-state index in [4.69, 9.17) is 10.5 Å². The van der Waals surface area contributed by atoms with Gasteiger partial charge in [0, 0.05) is 19.5 Å². The van der Waals surface area contributed by atoms with Gasteiger partial charge in [-0.3, -0.25) is 9.79 Å². The highest BCUT2D eigenvalue weighted by molar-refractivity contribution is 14.0. The van der Waals surface area contributed by atoms with Gasteiger partial charge in [-0.05, 0) is 76.5 Å². The van der Waals surface area contributed by atoms with Crippen LogP contribution in [0.15, 0.2) is 29.3 Å². The van der Waals surface area contributed by atoms with Crippen molar-refractivity contribution < 1.29 is 13.9 Å². The van der Waals surface area contributed by atoms with E-state index in [2.05, 4.69) is 20.5 Å². The zero-order valence-corrected chi connectivity index (χ0v) is 20.2. The Morgan fingerprint density at radius 3 is 2.53 bits per heavy atom. The number of likely N-dealkylation sites (tertiary alicyclic amines) is 1. The van der Waals surface area contributed by atoms with Crippen molar-refractivity contribution >= 4 is 35.8 Å². The van der Waals surface area contributed by atoms with Crippen LogP contribution < -0.4 is 21.1 Å². The van der Waals surface area contributed by atoms with Crippen molar-refractivity contribution in [3.8, 4) is 5.75 Å². The van der Waals surface area contributed by atoms with Crippen LogP contribution in [0.3, 0.4) is 0 Å². The minimum absolute atomic E-state index is 0. The Morgan fingerprint density at radius 1 is 1.27 bits per heavy atom. The lowest BCUT2D eigenvalue weighted by Gasteiger charge is -2.30. The van der Waals surface area contributed by atoms with Crippen molar-refractivity contribution in [1.29, 1.82) is 0 Å². The first-order valence-corrected chi connectivity index (χ1v) is 10.4. The Balaban J connectivity index is 0.00000450. The molecule has 0 aliphatic carbocycles. The van der Waals surface area contributed by atoms with Gasteiger partial charge in [-0.15, -0.1) is 24.0 Å². The number of hydrogen-bond acceptors (Lipinski definition) is 4. The van der Waals surface area contributed by atoms with Crippen LogP contribution in [0.5, 0.6) is 5.75 Å². The Kier molecular flexibility index (Phi) is 12.7. The van der Waals surface area contributed by atoms with E-state index >= 15 is 0 Å². The quantitative estimate of drug-likeness (QED) is 0.185. The van der Waals surface area contributed by atoms with E-state index < -0.39 is 0 Å². The zero-order chi connectivity index (χ0) is 21.1. The minimum Gasteiger partial charge on any atom is -0.489 e. The summed E-state index contributed by atoms with van der Waals surface area (Å²) in [5.74, 6) is 0.995. The molecule has 0 radical (unpaired) electrons.